The zero-order valence-electron chi connectivity index (χ0n) is 9.78. The molecule has 0 amide bonds. The van der Waals surface area contributed by atoms with Crippen LogP contribution in [0.3, 0.4) is 0 Å². The number of aromatic nitrogens is 1. The average Bonchev–Trinajstić information content (AvgIpc) is 2.58. The molecule has 1 rings (SSSR count). The molecule has 2 N–H and O–H groups in total. The lowest BCUT2D eigenvalue weighted by Gasteiger charge is -2.04. The molecule has 0 aliphatic carbocycles. The van der Waals surface area contributed by atoms with Gasteiger partial charge in [-0.05, 0) is 24.9 Å². The van der Waals surface area contributed by atoms with Crippen LogP contribution >= 0.6 is 11.5 Å². The van der Waals surface area contributed by atoms with Gasteiger partial charge in [-0.2, -0.15) is 4.37 Å². The van der Waals surface area contributed by atoms with E-state index in [1.54, 1.807) is 6.92 Å². The molecule has 0 radical (unpaired) electrons. The summed E-state index contributed by atoms with van der Waals surface area (Å²) >= 11 is 1.13. The fourth-order valence-corrected chi connectivity index (χ4v) is 2.05. The Morgan fingerprint density at radius 3 is 2.75 bits per heavy atom. The minimum absolute atomic E-state index is 0.347. The number of anilines is 1. The maximum atomic E-state index is 11.6. The van der Waals surface area contributed by atoms with Gasteiger partial charge >= 0.3 is 5.97 Å². The molecule has 0 spiro atoms. The first-order chi connectivity index (χ1) is 7.66. The number of aryl methyl sites for hydroxylation is 1. The maximum Gasteiger partial charge on any atom is 0.343 e. The highest BCUT2D eigenvalue weighted by Gasteiger charge is 2.17. The van der Waals surface area contributed by atoms with Gasteiger partial charge in [0.05, 0.1) is 12.3 Å². The highest BCUT2D eigenvalue weighted by molar-refractivity contribution is 7.10. The molecule has 5 heteroatoms. The second-order valence-electron chi connectivity index (χ2n) is 3.70. The van der Waals surface area contributed by atoms with E-state index in [0.717, 1.165) is 24.4 Å². The van der Waals surface area contributed by atoms with Crippen molar-refractivity contribution >= 4 is 22.5 Å². The second kappa shape index (κ2) is 6.48. The zero-order valence-corrected chi connectivity index (χ0v) is 10.6. The minimum Gasteiger partial charge on any atom is -0.462 e. The van der Waals surface area contributed by atoms with Gasteiger partial charge in [-0.25, -0.2) is 4.79 Å². The van der Waals surface area contributed by atoms with Gasteiger partial charge in [-0.15, -0.1) is 0 Å². The summed E-state index contributed by atoms with van der Waals surface area (Å²) in [5, 5.41) is 0.441. The molecule has 0 aromatic carbocycles. The molecule has 1 aromatic heterocycles. The molecular formula is C11H18N2O2S. The van der Waals surface area contributed by atoms with E-state index in [1.165, 1.54) is 12.8 Å². The van der Waals surface area contributed by atoms with Crippen LogP contribution in [-0.2, 0) is 4.74 Å². The number of hydrogen-bond donors (Lipinski definition) is 1. The summed E-state index contributed by atoms with van der Waals surface area (Å²) in [7, 11) is 0. The Bertz CT molecular complexity index is 330. The fraction of sp³-hybridized carbons (Fsp3) is 0.636. The van der Waals surface area contributed by atoms with Gasteiger partial charge in [0.2, 0.25) is 0 Å². The van der Waals surface area contributed by atoms with Crippen molar-refractivity contribution in [3.05, 3.63) is 11.3 Å². The van der Waals surface area contributed by atoms with Crippen molar-refractivity contribution in [2.24, 2.45) is 0 Å². The van der Waals surface area contributed by atoms with Gasteiger partial charge in [0.15, 0.2) is 0 Å². The van der Waals surface area contributed by atoms with Gasteiger partial charge < -0.3 is 10.5 Å². The van der Waals surface area contributed by atoms with Crippen LogP contribution in [0.2, 0.25) is 0 Å². The Morgan fingerprint density at radius 2 is 2.19 bits per heavy atom. The fourth-order valence-electron chi connectivity index (χ4n) is 1.40. The van der Waals surface area contributed by atoms with Crippen molar-refractivity contribution in [2.45, 2.75) is 39.5 Å². The first-order valence-electron chi connectivity index (χ1n) is 5.55. The molecule has 90 valence electrons. The smallest absolute Gasteiger partial charge is 0.343 e. The maximum absolute atomic E-state index is 11.6. The third-order valence-corrected chi connectivity index (χ3v) is 3.09. The summed E-state index contributed by atoms with van der Waals surface area (Å²) < 4.78 is 9.15. The SMILES string of the molecule is CCCCCCOC(=O)c1c(C)nsc1N. The molecule has 0 aliphatic heterocycles. The largest absolute Gasteiger partial charge is 0.462 e. The lowest BCUT2D eigenvalue weighted by atomic mass is 10.2. The van der Waals surface area contributed by atoms with Crippen LogP contribution in [0.1, 0.15) is 48.7 Å². The van der Waals surface area contributed by atoms with Crippen LogP contribution in [0.15, 0.2) is 0 Å². The Labute approximate surface area is 100.0 Å². The van der Waals surface area contributed by atoms with Crippen molar-refractivity contribution in [1.29, 1.82) is 0 Å². The van der Waals surface area contributed by atoms with Crippen molar-refractivity contribution < 1.29 is 9.53 Å². The van der Waals surface area contributed by atoms with Crippen LogP contribution in [0.5, 0.6) is 0 Å². The number of nitrogen functional groups attached to an aromatic ring is 1. The Hall–Kier alpha value is -1.10. The number of nitrogens with zero attached hydrogens (tertiary/aromatic N) is 1. The molecule has 1 heterocycles. The number of rotatable bonds is 6. The third-order valence-electron chi connectivity index (χ3n) is 2.32. The van der Waals surface area contributed by atoms with Crippen LogP contribution in [0.4, 0.5) is 5.00 Å². The summed E-state index contributed by atoms with van der Waals surface area (Å²) in [6, 6.07) is 0. The number of esters is 1. The van der Waals surface area contributed by atoms with Crippen LogP contribution in [0.25, 0.3) is 0 Å². The molecule has 0 atom stereocenters. The molecular weight excluding hydrogens is 224 g/mol. The topological polar surface area (TPSA) is 65.2 Å². The van der Waals surface area contributed by atoms with Gasteiger partial charge in [0.25, 0.3) is 0 Å². The predicted octanol–water partition coefficient (Wildman–Crippen LogP) is 2.77. The first kappa shape index (κ1) is 13.0. The summed E-state index contributed by atoms with van der Waals surface area (Å²) in [6.07, 6.45) is 4.36. The summed E-state index contributed by atoms with van der Waals surface area (Å²) in [4.78, 5) is 11.6. The number of unbranched alkanes of at least 4 members (excludes halogenated alkanes) is 3. The van der Waals surface area contributed by atoms with E-state index in [1.807, 2.05) is 0 Å². The van der Waals surface area contributed by atoms with Crippen molar-refractivity contribution in [3.8, 4) is 0 Å². The molecule has 0 aliphatic rings. The molecule has 16 heavy (non-hydrogen) atoms. The van der Waals surface area contributed by atoms with Crippen molar-refractivity contribution in [1.82, 2.24) is 4.37 Å². The predicted molar refractivity (Wildman–Crippen MR) is 65.7 cm³/mol. The third kappa shape index (κ3) is 3.48. The van der Waals surface area contributed by atoms with Gasteiger partial charge in [-0.3, -0.25) is 0 Å². The number of ether oxygens (including phenoxy) is 1. The highest BCUT2D eigenvalue weighted by Crippen LogP contribution is 2.21. The average molecular weight is 242 g/mol. The number of hydrogen-bond acceptors (Lipinski definition) is 5. The summed E-state index contributed by atoms with van der Waals surface area (Å²) in [5.74, 6) is -0.347. The molecule has 0 saturated heterocycles. The summed E-state index contributed by atoms with van der Waals surface area (Å²) in [6.45, 7) is 4.38. The lowest BCUT2D eigenvalue weighted by molar-refractivity contribution is 0.0498. The standard InChI is InChI=1S/C11H18N2O2S/c1-3-4-5-6-7-15-11(14)9-8(2)13-16-10(9)12/h3-7,12H2,1-2H3. The monoisotopic (exact) mass is 242 g/mol. The zero-order chi connectivity index (χ0) is 12.0. The van der Waals surface area contributed by atoms with Crippen LogP contribution < -0.4 is 5.73 Å². The summed E-state index contributed by atoms with van der Waals surface area (Å²) in [5.41, 5.74) is 6.73. The quantitative estimate of drug-likeness (QED) is 0.615. The minimum atomic E-state index is -0.347. The lowest BCUT2D eigenvalue weighted by Crippen LogP contribution is -2.09. The van der Waals surface area contributed by atoms with E-state index >= 15 is 0 Å². The van der Waals surface area contributed by atoms with E-state index in [4.69, 9.17) is 10.5 Å². The van der Waals surface area contributed by atoms with Crippen LogP contribution in [0, 0.1) is 6.92 Å². The van der Waals surface area contributed by atoms with Gasteiger partial charge in [0, 0.05) is 0 Å². The molecule has 0 bridgehead atoms. The Morgan fingerprint density at radius 1 is 1.44 bits per heavy atom. The molecule has 0 unspecified atom stereocenters. The number of carbonyl (C=O) groups excluding carboxylic acids is 1. The number of nitrogens with two attached hydrogens (primary N) is 1. The van der Waals surface area contributed by atoms with Gasteiger partial charge in [0.1, 0.15) is 10.6 Å². The normalized spacial score (nSPS) is 10.4. The van der Waals surface area contributed by atoms with Gasteiger partial charge in [-0.1, -0.05) is 26.2 Å². The van der Waals surface area contributed by atoms with Crippen molar-refractivity contribution in [2.75, 3.05) is 12.3 Å². The Kier molecular flexibility index (Phi) is 5.25. The second-order valence-corrected chi connectivity index (χ2v) is 4.51. The Balaban J connectivity index is 2.36. The molecule has 4 nitrogen and oxygen atoms in total. The van der Waals surface area contributed by atoms with E-state index in [-0.39, 0.29) is 5.97 Å². The first-order valence-corrected chi connectivity index (χ1v) is 6.33. The number of carbonyl (C=O) groups is 1. The van der Waals surface area contributed by atoms with E-state index in [2.05, 4.69) is 11.3 Å². The molecule has 0 fully saturated rings. The van der Waals surface area contributed by atoms with Crippen molar-refractivity contribution in [3.63, 3.8) is 0 Å². The van der Waals surface area contributed by atoms with E-state index < -0.39 is 0 Å². The van der Waals surface area contributed by atoms with E-state index in [0.29, 0.717) is 22.9 Å². The molecule has 0 saturated carbocycles. The highest BCUT2D eigenvalue weighted by atomic mass is 32.1. The van der Waals surface area contributed by atoms with E-state index in [9.17, 15) is 4.79 Å². The molecule has 1 aromatic rings. The van der Waals surface area contributed by atoms with Crippen LogP contribution in [-0.4, -0.2) is 16.9 Å².